The van der Waals surface area contributed by atoms with Crippen LogP contribution in [0.5, 0.6) is 23.0 Å². The van der Waals surface area contributed by atoms with Gasteiger partial charge < -0.3 is 35.3 Å². The highest BCUT2D eigenvalue weighted by Crippen LogP contribution is 2.37. The first-order valence-corrected chi connectivity index (χ1v) is 34.1. The highest BCUT2D eigenvalue weighted by molar-refractivity contribution is 6.34. The zero-order valence-corrected chi connectivity index (χ0v) is 58.4. The number of anilines is 4. The van der Waals surface area contributed by atoms with Crippen molar-refractivity contribution in [1.29, 1.82) is 0 Å². The Kier molecular flexibility index (Phi) is 27.6. The second-order valence-electron chi connectivity index (χ2n) is 25.3. The summed E-state index contributed by atoms with van der Waals surface area (Å²) in [5.74, 6) is -0.0873. The quantitative estimate of drug-likeness (QED) is 0.0154. The molecule has 1 unspecified atom stereocenters. The van der Waals surface area contributed by atoms with Gasteiger partial charge in [-0.2, -0.15) is 4.68 Å². The normalized spacial score (nSPS) is 11.4. The van der Waals surface area contributed by atoms with Gasteiger partial charge in [0.05, 0.1) is 51.9 Å². The number of fused-ring (bicyclic) bond motifs is 3. The molecule has 0 aliphatic rings. The number of carbonyl (C=O) groups excluding carboxylic acids is 6. The summed E-state index contributed by atoms with van der Waals surface area (Å²) in [6.07, 6.45) is 16.1. The first-order chi connectivity index (χ1) is 47.7. The monoisotopic (exact) mass is 1360 g/mol. The second kappa shape index (κ2) is 36.8. The number of nitrogens with one attached hydrogen (secondary N) is 3. The number of phenols is 1. The van der Waals surface area contributed by atoms with Crippen LogP contribution in [0.3, 0.4) is 0 Å². The maximum Gasteiger partial charge on any atom is 0.350 e. The largest absolute Gasteiger partial charge is 0.506 e. The summed E-state index contributed by atoms with van der Waals surface area (Å²) in [6.45, 7) is 13.9. The molecule has 0 bridgehead atoms. The molecule has 1 atom stereocenters. The lowest BCUT2D eigenvalue weighted by atomic mass is 9.86. The summed E-state index contributed by atoms with van der Waals surface area (Å²) in [5.41, 5.74) is 5.62. The molecule has 0 spiro atoms. The second-order valence-corrected chi connectivity index (χ2v) is 25.7. The van der Waals surface area contributed by atoms with E-state index in [2.05, 4.69) is 43.5 Å². The van der Waals surface area contributed by atoms with Crippen molar-refractivity contribution in [2.75, 3.05) is 41.1 Å². The van der Waals surface area contributed by atoms with Crippen LogP contribution < -0.4 is 35.1 Å². The van der Waals surface area contributed by atoms with E-state index in [0.29, 0.717) is 81.0 Å². The fourth-order valence-corrected chi connectivity index (χ4v) is 11.2. The van der Waals surface area contributed by atoms with Crippen LogP contribution in [0.1, 0.15) is 152 Å². The molecule has 0 aliphatic carbocycles. The van der Waals surface area contributed by atoms with Crippen molar-refractivity contribution in [3.05, 3.63) is 192 Å². The van der Waals surface area contributed by atoms with Crippen molar-refractivity contribution in [3.8, 4) is 23.0 Å². The maximum absolute atomic E-state index is 13.6. The molecule has 4 amide bonds. The summed E-state index contributed by atoms with van der Waals surface area (Å²) in [4.78, 5) is 78.3. The average Bonchev–Trinajstić information content (AvgIpc) is 1.77. The third-order valence-corrected chi connectivity index (χ3v) is 16.7. The van der Waals surface area contributed by atoms with Crippen LogP contribution in [0, 0.1) is 19.3 Å². The minimum Gasteiger partial charge on any atom is -0.506 e. The van der Waals surface area contributed by atoms with E-state index >= 15 is 0 Å². The van der Waals surface area contributed by atoms with Gasteiger partial charge >= 0.3 is 12.0 Å². The number of aromatic nitrogens is 6. The lowest BCUT2D eigenvalue weighted by Gasteiger charge is -2.24. The number of Topliss-reactive ketones (excluding diaryl/α,β-unsaturated/α-hetero) is 1. The molecule has 0 radical (unpaired) electrons. The lowest BCUT2D eigenvalue weighted by molar-refractivity contribution is -0.136. The van der Waals surface area contributed by atoms with E-state index < -0.39 is 29.3 Å². The minimum absolute atomic E-state index is 0.117. The third kappa shape index (κ3) is 21.3. The van der Waals surface area contributed by atoms with Gasteiger partial charge in [0, 0.05) is 42.3 Å². The highest BCUT2D eigenvalue weighted by atomic mass is 35.5. The Hall–Kier alpha value is -10.5. The van der Waals surface area contributed by atoms with Gasteiger partial charge in [0.25, 0.3) is 11.8 Å². The van der Waals surface area contributed by atoms with Gasteiger partial charge in [-0.05, 0) is 117 Å². The van der Waals surface area contributed by atoms with E-state index in [0.717, 1.165) is 29.7 Å². The SMILES string of the molecule is CC(=O)Oc1ccccc1.CCCCCCCCCCCCCCOc1ccccc1NC(=O)c1ccc2c(N(C)C(=O)n3nnc4ccccc43)cccc2c1O.Cc1ccc(OCCCC(=O)Nc2ccc(Cl)c(NC(=O)C(C(=O)C(C)(C)C)n3nnc4ccccc43)c2)c(C)c1. The number of carbonyl (C=O) groups is 6. The van der Waals surface area contributed by atoms with Crippen molar-refractivity contribution in [2.24, 2.45) is 5.41 Å². The molecule has 20 nitrogen and oxygen atoms in total. The van der Waals surface area contributed by atoms with Gasteiger partial charge in [-0.15, -0.1) is 10.2 Å². The minimum atomic E-state index is -1.28. The van der Waals surface area contributed by atoms with E-state index in [-0.39, 0.29) is 46.1 Å². The number of hydrogen-bond donors (Lipinski definition) is 4. The summed E-state index contributed by atoms with van der Waals surface area (Å²) >= 11 is 6.39. The Bertz CT molecular complexity index is 4380. The number of aromatic hydroxyl groups is 1. The smallest absolute Gasteiger partial charge is 0.350 e. The number of nitrogens with zero attached hydrogens (tertiary/aromatic N) is 7. The zero-order chi connectivity index (χ0) is 70.8. The molecule has 10 aromatic rings. The molecular weight excluding hydrogens is 1270 g/mol. The molecule has 0 fully saturated rings. The number of esters is 1. The molecule has 8 aromatic carbocycles. The Labute approximate surface area is 583 Å². The number of para-hydroxylation sites is 5. The van der Waals surface area contributed by atoms with E-state index in [1.54, 1.807) is 131 Å². The van der Waals surface area contributed by atoms with Crippen LogP contribution in [0.4, 0.5) is 27.5 Å². The van der Waals surface area contributed by atoms with Gasteiger partial charge in [0.2, 0.25) is 5.91 Å². The summed E-state index contributed by atoms with van der Waals surface area (Å²) in [7, 11) is 1.64. The van der Waals surface area contributed by atoms with E-state index in [1.165, 1.54) is 85.4 Å². The number of halogens is 1. The first kappa shape index (κ1) is 74.3. The van der Waals surface area contributed by atoms with Gasteiger partial charge in [-0.1, -0.05) is 211 Å². The van der Waals surface area contributed by atoms with Crippen molar-refractivity contribution in [2.45, 2.75) is 144 Å². The van der Waals surface area contributed by atoms with Crippen molar-refractivity contribution < 1.29 is 48.1 Å². The number of ketones is 1. The topological polar surface area (TPSA) is 251 Å². The van der Waals surface area contributed by atoms with E-state index in [1.807, 2.05) is 80.6 Å². The van der Waals surface area contributed by atoms with E-state index in [4.69, 9.17) is 25.8 Å². The van der Waals surface area contributed by atoms with Crippen LogP contribution in [0.2, 0.25) is 5.02 Å². The molecule has 21 heteroatoms. The number of benzene rings is 8. The Morgan fingerprint density at radius 3 is 1.90 bits per heavy atom. The first-order valence-electron chi connectivity index (χ1n) is 33.8. The Balaban J connectivity index is 0.000000223. The summed E-state index contributed by atoms with van der Waals surface area (Å²) in [6, 6.07) is 48.3. The molecule has 99 heavy (non-hydrogen) atoms. The molecular formula is C78H89ClN10O10. The fourth-order valence-electron chi connectivity index (χ4n) is 11.1. The predicted octanol–water partition coefficient (Wildman–Crippen LogP) is 17.6. The van der Waals surface area contributed by atoms with E-state index in [9.17, 15) is 33.9 Å². The molecule has 2 heterocycles. The van der Waals surface area contributed by atoms with Gasteiger partial charge in [0.15, 0.2) is 11.8 Å². The third-order valence-electron chi connectivity index (χ3n) is 16.3. The number of unbranched alkanes of at least 4 members (excludes halogenated alkanes) is 11. The van der Waals surface area contributed by atoms with Crippen molar-refractivity contribution in [3.63, 3.8) is 0 Å². The van der Waals surface area contributed by atoms with Gasteiger partial charge in [-0.3, -0.25) is 28.9 Å². The molecule has 0 aliphatic heterocycles. The average molecular weight is 1360 g/mol. The zero-order valence-electron chi connectivity index (χ0n) is 57.7. The molecule has 4 N–H and O–H groups in total. The molecule has 518 valence electrons. The van der Waals surface area contributed by atoms with Crippen LogP contribution in [-0.2, 0) is 19.2 Å². The molecule has 10 rings (SSSR count). The highest BCUT2D eigenvalue weighted by Gasteiger charge is 2.38. The Morgan fingerprint density at radius 1 is 0.596 bits per heavy atom. The van der Waals surface area contributed by atoms with Crippen LogP contribution in [0.25, 0.3) is 32.8 Å². The predicted molar refractivity (Wildman–Crippen MR) is 391 cm³/mol. The summed E-state index contributed by atoms with van der Waals surface area (Å²) in [5, 5.41) is 37.4. The summed E-state index contributed by atoms with van der Waals surface area (Å²) < 4.78 is 19.2. The fraction of sp³-hybridized carbons (Fsp3) is 0.333. The molecule has 2 aromatic heterocycles. The van der Waals surface area contributed by atoms with Gasteiger partial charge in [-0.25, -0.2) is 9.48 Å². The maximum atomic E-state index is 13.6. The van der Waals surface area contributed by atoms with Crippen molar-refractivity contribution in [1.82, 2.24) is 30.0 Å². The lowest BCUT2D eigenvalue weighted by Crippen LogP contribution is -2.39. The number of hydrogen-bond acceptors (Lipinski definition) is 14. The van der Waals surface area contributed by atoms with Crippen LogP contribution in [-0.4, -0.2) is 90.9 Å². The van der Waals surface area contributed by atoms with Gasteiger partial charge in [0.1, 0.15) is 34.0 Å². The number of rotatable bonds is 28. The number of ether oxygens (including phenoxy) is 3. The molecule has 0 saturated heterocycles. The number of aryl methyl sites for hydroxylation is 2. The molecule has 0 saturated carbocycles. The Morgan fingerprint density at radius 2 is 1.21 bits per heavy atom. The standard InChI is InChI=1S/C39H47N5O4.C31H34ClN5O4.C8H8O2/c1-3-4-5-6-7-8-9-10-11-12-13-18-28-48-36-25-17-15-22-33(36)40-38(46)31-27-26-29-30(37(31)45)20-19-24-34(29)43(2)39(47)44-35-23-16-14-21-32(35)41-42-44;1-19-12-15-26(20(2)17-19)41-16-8-11-27(38)33-21-13-14-22(32)24(18-21)34-30(40)28(29(39)31(3,4)5)37-25-10-7-6-9-23(25)35-36-37;1-7(9)10-8-5-3-2-4-6-8/h14-17,19-27,45H,3-13,18,28H2,1-2H3,(H,40,46);6-7,9-10,12-15,17-18,28H,8,11,16H2,1-5H3,(H,33,38)(H,34,40);2-6H,1H3. The van der Waals surface area contributed by atoms with Crippen LogP contribution >= 0.6 is 11.6 Å². The van der Waals surface area contributed by atoms with Crippen molar-refractivity contribution >= 4 is 103 Å². The van der Waals surface area contributed by atoms with Crippen LogP contribution in [0.15, 0.2) is 170 Å². The number of phenolic OH excluding ortho intramolecular Hbond substituents is 1. The number of amides is 4.